The summed E-state index contributed by atoms with van der Waals surface area (Å²) in [6.45, 7) is 4.69. The predicted molar refractivity (Wildman–Crippen MR) is 113 cm³/mol. The highest BCUT2D eigenvalue weighted by molar-refractivity contribution is 7.98. The molecule has 1 fully saturated rings. The van der Waals surface area contributed by atoms with Crippen LogP contribution in [0, 0.1) is 5.92 Å². The van der Waals surface area contributed by atoms with Gasteiger partial charge in [0.2, 0.25) is 0 Å². The average Bonchev–Trinajstić information content (AvgIpc) is 3.51. The van der Waals surface area contributed by atoms with Gasteiger partial charge in [0.25, 0.3) is 0 Å². The van der Waals surface area contributed by atoms with E-state index in [2.05, 4.69) is 21.9 Å². The summed E-state index contributed by atoms with van der Waals surface area (Å²) in [6.07, 6.45) is 6.61. The summed E-state index contributed by atoms with van der Waals surface area (Å²) in [7, 11) is 0. The van der Waals surface area contributed by atoms with Crippen LogP contribution < -0.4 is 20.1 Å². The first-order chi connectivity index (χ1) is 13.3. The number of ether oxygens (including phenoxy) is 3. The molecule has 0 aromatic heterocycles. The van der Waals surface area contributed by atoms with Gasteiger partial charge in [-0.15, -0.1) is 0 Å². The molecule has 27 heavy (non-hydrogen) atoms. The van der Waals surface area contributed by atoms with E-state index in [9.17, 15) is 0 Å². The number of hydrogen-bond donors (Lipinski definition) is 2. The van der Waals surface area contributed by atoms with E-state index in [0.717, 1.165) is 74.0 Å². The average molecular weight is 394 g/mol. The molecule has 1 aromatic rings. The van der Waals surface area contributed by atoms with Gasteiger partial charge in [-0.05, 0) is 43.6 Å². The Kier molecular flexibility index (Phi) is 8.42. The maximum Gasteiger partial charge on any atom is 0.195 e. The van der Waals surface area contributed by atoms with E-state index in [1.807, 2.05) is 30.0 Å². The lowest BCUT2D eigenvalue weighted by atomic mass is 10.3. The first kappa shape index (κ1) is 20.1. The highest BCUT2D eigenvalue weighted by Crippen LogP contribution is 2.32. The van der Waals surface area contributed by atoms with Gasteiger partial charge in [-0.3, -0.25) is 4.99 Å². The van der Waals surface area contributed by atoms with Crippen LogP contribution in [0.5, 0.6) is 11.5 Å². The summed E-state index contributed by atoms with van der Waals surface area (Å²) in [6, 6.07) is 5.93. The van der Waals surface area contributed by atoms with Crippen LogP contribution in [0.15, 0.2) is 23.2 Å². The van der Waals surface area contributed by atoms with Gasteiger partial charge in [0.1, 0.15) is 0 Å². The second kappa shape index (κ2) is 11.3. The number of rotatable bonds is 10. The number of benzene rings is 1. The summed E-state index contributed by atoms with van der Waals surface area (Å²) >= 11 is 1.81. The Hall–Kier alpha value is -1.60. The molecule has 6 nitrogen and oxygen atoms in total. The van der Waals surface area contributed by atoms with Crippen LogP contribution in [0.2, 0.25) is 0 Å². The molecule has 1 aliphatic heterocycles. The first-order valence-corrected chi connectivity index (χ1v) is 11.3. The zero-order valence-electron chi connectivity index (χ0n) is 16.2. The quantitative estimate of drug-likeness (QED) is 0.361. The number of aliphatic imine (C=N–C) groups is 1. The third kappa shape index (κ3) is 7.50. The third-order valence-electron chi connectivity index (χ3n) is 4.38. The van der Waals surface area contributed by atoms with Crippen LogP contribution in [-0.4, -0.2) is 57.5 Å². The number of hydrogen-bond acceptors (Lipinski definition) is 5. The lowest BCUT2D eigenvalue weighted by Crippen LogP contribution is -2.32. The summed E-state index contributed by atoms with van der Waals surface area (Å²) in [4.78, 5) is 4.69. The van der Waals surface area contributed by atoms with Crippen molar-refractivity contribution in [1.82, 2.24) is 5.32 Å². The van der Waals surface area contributed by atoms with E-state index in [1.54, 1.807) is 0 Å². The van der Waals surface area contributed by atoms with Crippen LogP contribution in [0.4, 0.5) is 5.69 Å². The van der Waals surface area contributed by atoms with Gasteiger partial charge >= 0.3 is 0 Å². The van der Waals surface area contributed by atoms with Crippen molar-refractivity contribution in [3.8, 4) is 11.5 Å². The molecule has 0 radical (unpaired) electrons. The highest BCUT2D eigenvalue weighted by atomic mass is 32.2. The zero-order chi connectivity index (χ0) is 18.7. The summed E-state index contributed by atoms with van der Waals surface area (Å²) in [5.74, 6) is 4.24. The van der Waals surface area contributed by atoms with Crippen molar-refractivity contribution in [3.63, 3.8) is 0 Å². The fraction of sp³-hybridized carbons (Fsp3) is 0.650. The molecule has 1 saturated carbocycles. The number of nitrogens with zero attached hydrogens (tertiary/aromatic N) is 1. The smallest absolute Gasteiger partial charge is 0.195 e. The van der Waals surface area contributed by atoms with Crippen LogP contribution in [0.1, 0.15) is 25.7 Å². The minimum absolute atomic E-state index is 0.685. The molecule has 0 spiro atoms. The number of thioether (sulfide) groups is 1. The molecule has 2 aliphatic rings. The van der Waals surface area contributed by atoms with Gasteiger partial charge in [-0.1, -0.05) is 0 Å². The summed E-state index contributed by atoms with van der Waals surface area (Å²) < 4.78 is 17.2. The van der Waals surface area contributed by atoms with Gasteiger partial charge in [-0.25, -0.2) is 0 Å². The van der Waals surface area contributed by atoms with Crippen LogP contribution in [0.25, 0.3) is 0 Å². The number of nitrogens with one attached hydrogen (secondary N) is 2. The molecule has 0 atom stereocenters. The molecule has 0 bridgehead atoms. The molecule has 0 unspecified atom stereocenters. The van der Waals surface area contributed by atoms with Gasteiger partial charge in [-0.2, -0.15) is 11.8 Å². The van der Waals surface area contributed by atoms with Crippen molar-refractivity contribution >= 4 is 23.4 Å². The van der Waals surface area contributed by atoms with Gasteiger partial charge < -0.3 is 24.8 Å². The van der Waals surface area contributed by atoms with E-state index in [0.29, 0.717) is 13.2 Å². The fourth-order valence-corrected chi connectivity index (χ4v) is 2.99. The number of anilines is 1. The van der Waals surface area contributed by atoms with E-state index in [1.165, 1.54) is 12.8 Å². The predicted octanol–water partition coefficient (Wildman–Crippen LogP) is 3.39. The molecule has 1 aromatic carbocycles. The second-order valence-electron chi connectivity index (χ2n) is 6.86. The van der Waals surface area contributed by atoms with E-state index in [4.69, 9.17) is 14.2 Å². The monoisotopic (exact) mass is 393 g/mol. The molecule has 0 saturated heterocycles. The van der Waals surface area contributed by atoms with E-state index in [-0.39, 0.29) is 0 Å². The number of fused-ring (bicyclic) bond motifs is 1. The van der Waals surface area contributed by atoms with Crippen molar-refractivity contribution in [2.24, 2.45) is 10.9 Å². The summed E-state index contributed by atoms with van der Waals surface area (Å²) in [5.41, 5.74) is 0.944. The van der Waals surface area contributed by atoms with Gasteiger partial charge in [0, 0.05) is 50.2 Å². The van der Waals surface area contributed by atoms with E-state index >= 15 is 0 Å². The van der Waals surface area contributed by atoms with Crippen molar-refractivity contribution in [1.29, 1.82) is 0 Å². The maximum atomic E-state index is 5.77. The lowest BCUT2D eigenvalue weighted by molar-refractivity contribution is 0.123. The van der Waals surface area contributed by atoms with Crippen molar-refractivity contribution in [2.75, 3.05) is 56.8 Å². The standard InChI is InChI=1S/C20H31N3O3S/c1-27-13-9-22-20(21-8-2-10-24-15-16-4-5-16)23-17-6-7-18-19(14-17)26-12-3-11-25-18/h6-7,14,16H,2-5,8-13,15H2,1H3,(H2,21,22,23). The summed E-state index contributed by atoms with van der Waals surface area (Å²) in [5, 5.41) is 6.77. The Morgan fingerprint density at radius 2 is 2.11 bits per heavy atom. The minimum Gasteiger partial charge on any atom is -0.490 e. The Labute approximate surface area is 166 Å². The Bertz CT molecular complexity index is 608. The number of guanidine groups is 1. The van der Waals surface area contributed by atoms with Gasteiger partial charge in [0.15, 0.2) is 17.5 Å². The maximum absolute atomic E-state index is 5.77. The molecule has 2 N–H and O–H groups in total. The normalized spacial score (nSPS) is 16.7. The molecule has 150 valence electrons. The zero-order valence-corrected chi connectivity index (χ0v) is 17.0. The SMILES string of the molecule is CSCCNC(=NCCCOCC1CC1)Nc1ccc2c(c1)OCCCO2. The van der Waals surface area contributed by atoms with Crippen LogP contribution in [0.3, 0.4) is 0 Å². The van der Waals surface area contributed by atoms with Crippen molar-refractivity contribution in [2.45, 2.75) is 25.7 Å². The molecule has 1 aliphatic carbocycles. The van der Waals surface area contributed by atoms with Crippen molar-refractivity contribution < 1.29 is 14.2 Å². The Balaban J connectivity index is 1.51. The minimum atomic E-state index is 0.685. The first-order valence-electron chi connectivity index (χ1n) is 9.87. The lowest BCUT2D eigenvalue weighted by Gasteiger charge is -2.14. The highest BCUT2D eigenvalue weighted by Gasteiger charge is 2.20. The Morgan fingerprint density at radius 3 is 2.93 bits per heavy atom. The molecule has 0 amide bonds. The topological polar surface area (TPSA) is 64.1 Å². The fourth-order valence-electron chi connectivity index (χ4n) is 2.68. The van der Waals surface area contributed by atoms with E-state index < -0.39 is 0 Å². The molecule has 1 heterocycles. The largest absolute Gasteiger partial charge is 0.490 e. The molecular weight excluding hydrogens is 362 g/mol. The molecule has 3 rings (SSSR count). The van der Waals surface area contributed by atoms with Crippen LogP contribution in [-0.2, 0) is 4.74 Å². The molecule has 7 heteroatoms. The Morgan fingerprint density at radius 1 is 1.26 bits per heavy atom. The van der Waals surface area contributed by atoms with Gasteiger partial charge in [0.05, 0.1) is 13.2 Å². The third-order valence-corrected chi connectivity index (χ3v) is 4.99. The van der Waals surface area contributed by atoms with Crippen LogP contribution >= 0.6 is 11.8 Å². The molecular formula is C20H31N3O3S. The van der Waals surface area contributed by atoms with Crippen molar-refractivity contribution in [3.05, 3.63) is 18.2 Å². The second-order valence-corrected chi connectivity index (χ2v) is 7.84.